The summed E-state index contributed by atoms with van der Waals surface area (Å²) in [5.41, 5.74) is 0.902. The maximum Gasteiger partial charge on any atom is 0.141 e. The third kappa shape index (κ3) is 4.88. The summed E-state index contributed by atoms with van der Waals surface area (Å²) in [4.78, 5) is 6.65. The predicted octanol–water partition coefficient (Wildman–Crippen LogP) is 2.75. The predicted molar refractivity (Wildman–Crippen MR) is 75.5 cm³/mol. The van der Waals surface area contributed by atoms with Crippen molar-refractivity contribution in [3.05, 3.63) is 29.8 Å². The second-order valence-electron chi connectivity index (χ2n) is 5.33. The van der Waals surface area contributed by atoms with E-state index in [0.29, 0.717) is 0 Å². The molecular weight excluding hydrogens is 241 g/mol. The number of aromatic nitrogens is 1. The van der Waals surface area contributed by atoms with Crippen LogP contribution in [0.5, 0.6) is 0 Å². The second kappa shape index (κ2) is 7.56. The summed E-state index contributed by atoms with van der Waals surface area (Å²) in [6.07, 6.45) is 6.53. The fraction of sp³-hybridized carbons (Fsp3) is 0.667. The van der Waals surface area contributed by atoms with Crippen LogP contribution in [0.15, 0.2) is 18.3 Å². The zero-order valence-corrected chi connectivity index (χ0v) is 11.7. The summed E-state index contributed by atoms with van der Waals surface area (Å²) in [5.74, 6) is -0.277. The van der Waals surface area contributed by atoms with Gasteiger partial charge in [0, 0.05) is 6.04 Å². The summed E-state index contributed by atoms with van der Waals surface area (Å²) < 4.78 is 12.8. The zero-order valence-electron chi connectivity index (χ0n) is 11.7. The lowest BCUT2D eigenvalue weighted by atomic mass is 10.1. The Kier molecular flexibility index (Phi) is 5.73. The molecule has 1 saturated heterocycles. The quantitative estimate of drug-likeness (QED) is 0.802. The average molecular weight is 265 g/mol. The van der Waals surface area contributed by atoms with Gasteiger partial charge in [-0.3, -0.25) is 4.98 Å². The first-order valence-corrected chi connectivity index (χ1v) is 7.33. The van der Waals surface area contributed by atoms with E-state index < -0.39 is 0 Å². The van der Waals surface area contributed by atoms with Crippen LogP contribution in [0.4, 0.5) is 4.39 Å². The van der Waals surface area contributed by atoms with Crippen LogP contribution in [0.2, 0.25) is 0 Å². The average Bonchev–Trinajstić information content (AvgIpc) is 2.45. The van der Waals surface area contributed by atoms with Crippen LogP contribution in [0.3, 0.4) is 0 Å². The minimum atomic E-state index is -0.277. The number of piperidine rings is 1. The lowest BCUT2D eigenvalue weighted by molar-refractivity contribution is 0.225. The highest BCUT2D eigenvalue weighted by molar-refractivity contribution is 5.08. The molecule has 0 saturated carbocycles. The number of likely N-dealkylation sites (tertiary alicyclic amines) is 1. The van der Waals surface area contributed by atoms with E-state index in [4.69, 9.17) is 0 Å². The van der Waals surface area contributed by atoms with Crippen molar-refractivity contribution in [1.82, 2.24) is 15.2 Å². The molecule has 0 amide bonds. The van der Waals surface area contributed by atoms with Gasteiger partial charge in [-0.1, -0.05) is 6.42 Å². The number of nitrogens with zero attached hydrogens (tertiary/aromatic N) is 2. The van der Waals surface area contributed by atoms with Gasteiger partial charge in [-0.15, -0.1) is 0 Å². The molecule has 0 aromatic carbocycles. The molecule has 3 nitrogen and oxygen atoms in total. The molecule has 2 rings (SSSR count). The molecule has 2 heterocycles. The van der Waals surface area contributed by atoms with E-state index in [2.05, 4.69) is 22.1 Å². The number of hydrogen-bond donors (Lipinski definition) is 1. The Hall–Kier alpha value is -1.00. The van der Waals surface area contributed by atoms with Gasteiger partial charge >= 0.3 is 0 Å². The molecule has 1 fully saturated rings. The Balaban J connectivity index is 1.63. The number of pyridine rings is 1. The van der Waals surface area contributed by atoms with Crippen LogP contribution < -0.4 is 5.32 Å². The van der Waals surface area contributed by atoms with Gasteiger partial charge in [-0.25, -0.2) is 4.39 Å². The van der Waals surface area contributed by atoms with Crippen molar-refractivity contribution >= 4 is 0 Å². The molecule has 0 aliphatic carbocycles. The molecule has 0 spiro atoms. The van der Waals surface area contributed by atoms with Gasteiger partial charge in [-0.2, -0.15) is 0 Å². The molecular formula is C15H24FN3. The van der Waals surface area contributed by atoms with E-state index in [1.165, 1.54) is 51.2 Å². The summed E-state index contributed by atoms with van der Waals surface area (Å²) in [5, 5.41) is 3.45. The Bertz CT molecular complexity index is 360. The third-order valence-corrected chi connectivity index (χ3v) is 3.74. The maximum absolute atomic E-state index is 12.8. The SMILES string of the molecule is CC(NCCCN1CCCCC1)c1ccc(F)cn1. The van der Waals surface area contributed by atoms with Crippen LogP contribution in [0.1, 0.15) is 44.3 Å². The lowest BCUT2D eigenvalue weighted by Gasteiger charge is -2.26. The highest BCUT2D eigenvalue weighted by Crippen LogP contribution is 2.10. The zero-order chi connectivity index (χ0) is 13.5. The van der Waals surface area contributed by atoms with E-state index in [1.54, 1.807) is 6.07 Å². The molecule has 1 aromatic heterocycles. The van der Waals surface area contributed by atoms with Crippen LogP contribution in [0, 0.1) is 5.82 Å². The largest absolute Gasteiger partial charge is 0.309 e. The first-order chi connectivity index (χ1) is 9.25. The van der Waals surface area contributed by atoms with E-state index in [-0.39, 0.29) is 11.9 Å². The molecule has 1 N–H and O–H groups in total. The number of hydrogen-bond acceptors (Lipinski definition) is 3. The van der Waals surface area contributed by atoms with Crippen molar-refractivity contribution in [3.63, 3.8) is 0 Å². The van der Waals surface area contributed by atoms with Gasteiger partial charge in [0.1, 0.15) is 5.82 Å². The van der Waals surface area contributed by atoms with Crippen LogP contribution in [0.25, 0.3) is 0 Å². The molecule has 4 heteroatoms. The Morgan fingerprint density at radius 2 is 2.11 bits per heavy atom. The van der Waals surface area contributed by atoms with E-state index >= 15 is 0 Å². The first-order valence-electron chi connectivity index (χ1n) is 7.33. The molecule has 1 aliphatic heterocycles. The summed E-state index contributed by atoms with van der Waals surface area (Å²) in [7, 11) is 0. The Morgan fingerprint density at radius 1 is 1.32 bits per heavy atom. The summed E-state index contributed by atoms with van der Waals surface area (Å²) >= 11 is 0. The van der Waals surface area contributed by atoms with Crippen molar-refractivity contribution in [1.29, 1.82) is 0 Å². The van der Waals surface area contributed by atoms with E-state index in [9.17, 15) is 4.39 Å². The highest BCUT2D eigenvalue weighted by Gasteiger charge is 2.10. The van der Waals surface area contributed by atoms with E-state index in [1.807, 2.05) is 0 Å². The second-order valence-corrected chi connectivity index (χ2v) is 5.33. The number of rotatable bonds is 6. The van der Waals surface area contributed by atoms with Gasteiger partial charge in [0.05, 0.1) is 11.9 Å². The van der Waals surface area contributed by atoms with Crippen LogP contribution in [-0.2, 0) is 0 Å². The molecule has 1 atom stereocenters. The van der Waals surface area contributed by atoms with Gasteiger partial charge < -0.3 is 10.2 Å². The van der Waals surface area contributed by atoms with Gasteiger partial charge in [0.15, 0.2) is 0 Å². The minimum absolute atomic E-state index is 0.182. The first kappa shape index (κ1) is 14.4. The minimum Gasteiger partial charge on any atom is -0.309 e. The van der Waals surface area contributed by atoms with Crippen molar-refractivity contribution < 1.29 is 4.39 Å². The van der Waals surface area contributed by atoms with Gasteiger partial charge in [0.2, 0.25) is 0 Å². The molecule has 1 aliphatic rings. The molecule has 106 valence electrons. The monoisotopic (exact) mass is 265 g/mol. The van der Waals surface area contributed by atoms with Crippen molar-refractivity contribution in [3.8, 4) is 0 Å². The molecule has 19 heavy (non-hydrogen) atoms. The lowest BCUT2D eigenvalue weighted by Crippen LogP contribution is -2.32. The normalized spacial score (nSPS) is 18.4. The topological polar surface area (TPSA) is 28.2 Å². The maximum atomic E-state index is 12.8. The highest BCUT2D eigenvalue weighted by atomic mass is 19.1. The third-order valence-electron chi connectivity index (χ3n) is 3.74. The Morgan fingerprint density at radius 3 is 2.79 bits per heavy atom. The summed E-state index contributed by atoms with van der Waals surface area (Å²) in [6, 6.07) is 3.40. The summed E-state index contributed by atoms with van der Waals surface area (Å²) in [6.45, 7) is 6.75. The number of nitrogens with one attached hydrogen (secondary N) is 1. The molecule has 1 aromatic rings. The van der Waals surface area contributed by atoms with Gasteiger partial charge in [-0.05, 0) is 64.5 Å². The standard InChI is InChI=1S/C15H24FN3/c1-13(15-7-6-14(16)12-18-15)17-8-5-11-19-9-3-2-4-10-19/h6-7,12-13,17H,2-5,8-11H2,1H3. The fourth-order valence-corrected chi connectivity index (χ4v) is 2.55. The molecule has 0 radical (unpaired) electrons. The van der Waals surface area contributed by atoms with Crippen molar-refractivity contribution in [2.75, 3.05) is 26.2 Å². The van der Waals surface area contributed by atoms with Crippen molar-refractivity contribution in [2.24, 2.45) is 0 Å². The smallest absolute Gasteiger partial charge is 0.141 e. The molecule has 0 bridgehead atoms. The van der Waals surface area contributed by atoms with Crippen LogP contribution in [-0.4, -0.2) is 36.1 Å². The number of halogens is 1. The van der Waals surface area contributed by atoms with Crippen molar-refractivity contribution in [2.45, 2.75) is 38.6 Å². The molecule has 1 unspecified atom stereocenters. The van der Waals surface area contributed by atoms with Crippen LogP contribution >= 0.6 is 0 Å². The Labute approximate surface area is 115 Å². The van der Waals surface area contributed by atoms with E-state index in [0.717, 1.165) is 18.7 Å². The fourth-order valence-electron chi connectivity index (χ4n) is 2.55. The van der Waals surface area contributed by atoms with Gasteiger partial charge in [0.25, 0.3) is 0 Å².